The van der Waals surface area contributed by atoms with E-state index in [9.17, 15) is 5.11 Å². The first kappa shape index (κ1) is 16.7. The van der Waals surface area contributed by atoms with E-state index < -0.39 is 0 Å². The maximum atomic E-state index is 9.51. The minimum atomic E-state index is 0.245. The molecular weight excluding hydrogens is 312 g/mol. The highest BCUT2D eigenvalue weighted by Gasteiger charge is 1.99. The van der Waals surface area contributed by atoms with Crippen LogP contribution < -0.4 is 15.4 Å². The topological polar surface area (TPSA) is 53.5 Å². The molecule has 3 aromatic rings. The fourth-order valence-corrected chi connectivity index (χ4v) is 2.41. The molecule has 0 bridgehead atoms. The number of hydrogen-bond donors (Lipinski definition) is 3. The van der Waals surface area contributed by atoms with E-state index in [0.717, 1.165) is 41.5 Å². The van der Waals surface area contributed by atoms with Gasteiger partial charge in [0.05, 0.1) is 6.61 Å². The van der Waals surface area contributed by atoms with E-state index in [-0.39, 0.29) is 5.75 Å². The van der Waals surface area contributed by atoms with Crippen LogP contribution in [0.1, 0.15) is 13.3 Å². The minimum absolute atomic E-state index is 0.245. The molecule has 0 spiro atoms. The van der Waals surface area contributed by atoms with E-state index in [1.165, 1.54) is 0 Å². The number of phenolic OH excluding ortho intramolecular Hbond substituents is 1. The van der Waals surface area contributed by atoms with Gasteiger partial charge in [-0.05, 0) is 67.1 Å². The summed E-state index contributed by atoms with van der Waals surface area (Å²) in [5.74, 6) is 1.13. The second-order valence-corrected chi connectivity index (χ2v) is 5.75. The number of aromatic hydroxyl groups is 1. The average Bonchev–Trinajstić information content (AvgIpc) is 2.63. The zero-order valence-electron chi connectivity index (χ0n) is 14.2. The SMILES string of the molecule is CCCOc1ccc(Nc2ccc(Nc3cccc(O)c3)cc2)cc1. The zero-order chi connectivity index (χ0) is 17.5. The molecule has 0 radical (unpaired) electrons. The Morgan fingerprint density at radius 1 is 0.760 bits per heavy atom. The number of ether oxygens (including phenoxy) is 1. The van der Waals surface area contributed by atoms with Crippen LogP contribution in [0.25, 0.3) is 0 Å². The Hall–Kier alpha value is -3.14. The van der Waals surface area contributed by atoms with Crippen molar-refractivity contribution in [3.05, 3.63) is 72.8 Å². The fourth-order valence-electron chi connectivity index (χ4n) is 2.41. The van der Waals surface area contributed by atoms with Gasteiger partial charge >= 0.3 is 0 Å². The lowest BCUT2D eigenvalue weighted by Crippen LogP contribution is -1.95. The first-order valence-electron chi connectivity index (χ1n) is 8.39. The van der Waals surface area contributed by atoms with Gasteiger partial charge in [0.25, 0.3) is 0 Å². The number of phenols is 1. The Kier molecular flexibility index (Phi) is 5.42. The Morgan fingerprint density at radius 2 is 1.32 bits per heavy atom. The largest absolute Gasteiger partial charge is 0.508 e. The van der Waals surface area contributed by atoms with Crippen LogP contribution in [0.15, 0.2) is 72.8 Å². The molecular formula is C21H22N2O2. The van der Waals surface area contributed by atoms with Gasteiger partial charge in [0.15, 0.2) is 0 Å². The van der Waals surface area contributed by atoms with Crippen LogP contribution >= 0.6 is 0 Å². The Labute approximate surface area is 148 Å². The third kappa shape index (κ3) is 4.91. The maximum Gasteiger partial charge on any atom is 0.119 e. The number of rotatable bonds is 7. The molecule has 0 aliphatic rings. The van der Waals surface area contributed by atoms with Crippen LogP contribution in [0.3, 0.4) is 0 Å². The summed E-state index contributed by atoms with van der Waals surface area (Å²) < 4.78 is 5.59. The van der Waals surface area contributed by atoms with Crippen molar-refractivity contribution in [2.24, 2.45) is 0 Å². The predicted molar refractivity (Wildman–Crippen MR) is 103 cm³/mol. The molecule has 0 amide bonds. The molecule has 0 saturated heterocycles. The summed E-state index contributed by atoms with van der Waals surface area (Å²) in [6, 6.07) is 23.0. The van der Waals surface area contributed by atoms with E-state index in [2.05, 4.69) is 17.6 Å². The Balaban J connectivity index is 1.60. The molecule has 0 aromatic heterocycles. The second-order valence-electron chi connectivity index (χ2n) is 5.75. The van der Waals surface area contributed by atoms with Crippen molar-refractivity contribution in [1.29, 1.82) is 0 Å². The van der Waals surface area contributed by atoms with Gasteiger partial charge in [-0.1, -0.05) is 13.0 Å². The van der Waals surface area contributed by atoms with Gasteiger partial charge in [0.2, 0.25) is 0 Å². The summed E-state index contributed by atoms with van der Waals surface area (Å²) in [7, 11) is 0. The van der Waals surface area contributed by atoms with Crippen LogP contribution in [-0.4, -0.2) is 11.7 Å². The third-order valence-electron chi connectivity index (χ3n) is 3.64. The molecule has 0 aliphatic carbocycles. The lowest BCUT2D eigenvalue weighted by Gasteiger charge is -2.10. The van der Waals surface area contributed by atoms with Crippen molar-refractivity contribution in [2.45, 2.75) is 13.3 Å². The molecule has 0 unspecified atom stereocenters. The molecule has 0 aliphatic heterocycles. The molecule has 0 saturated carbocycles. The quantitative estimate of drug-likeness (QED) is 0.521. The monoisotopic (exact) mass is 334 g/mol. The first-order chi connectivity index (χ1) is 12.2. The van der Waals surface area contributed by atoms with Crippen LogP contribution in [0, 0.1) is 0 Å². The molecule has 3 aromatic carbocycles. The zero-order valence-corrected chi connectivity index (χ0v) is 14.2. The predicted octanol–water partition coefficient (Wildman–Crippen LogP) is 5.67. The van der Waals surface area contributed by atoms with E-state index in [4.69, 9.17) is 4.74 Å². The number of nitrogens with one attached hydrogen (secondary N) is 2. The number of hydrogen-bond acceptors (Lipinski definition) is 4. The molecule has 3 N–H and O–H groups in total. The highest BCUT2D eigenvalue weighted by Crippen LogP contribution is 2.24. The van der Waals surface area contributed by atoms with Gasteiger partial charge in [-0.3, -0.25) is 0 Å². The summed E-state index contributed by atoms with van der Waals surface area (Å²) in [4.78, 5) is 0. The summed E-state index contributed by atoms with van der Waals surface area (Å²) in [5.41, 5.74) is 3.82. The lowest BCUT2D eigenvalue weighted by atomic mass is 10.2. The van der Waals surface area contributed by atoms with E-state index in [1.807, 2.05) is 60.7 Å². The molecule has 0 atom stereocenters. The summed E-state index contributed by atoms with van der Waals surface area (Å²) >= 11 is 0. The number of benzene rings is 3. The van der Waals surface area contributed by atoms with Crippen LogP contribution in [0.4, 0.5) is 22.7 Å². The van der Waals surface area contributed by atoms with Gasteiger partial charge in [0.1, 0.15) is 11.5 Å². The van der Waals surface area contributed by atoms with Crippen molar-refractivity contribution < 1.29 is 9.84 Å². The second kappa shape index (κ2) is 8.11. The Bertz CT molecular complexity index is 799. The Morgan fingerprint density at radius 3 is 1.88 bits per heavy atom. The third-order valence-corrected chi connectivity index (χ3v) is 3.64. The van der Waals surface area contributed by atoms with Crippen molar-refractivity contribution in [3.8, 4) is 11.5 Å². The van der Waals surface area contributed by atoms with Crippen molar-refractivity contribution in [2.75, 3.05) is 17.2 Å². The maximum absolute atomic E-state index is 9.51. The van der Waals surface area contributed by atoms with Gasteiger partial charge in [-0.2, -0.15) is 0 Å². The molecule has 128 valence electrons. The highest BCUT2D eigenvalue weighted by molar-refractivity contribution is 5.66. The summed E-state index contributed by atoms with van der Waals surface area (Å²) in [5, 5.41) is 16.1. The van der Waals surface area contributed by atoms with Gasteiger partial charge in [0, 0.05) is 28.8 Å². The first-order valence-corrected chi connectivity index (χ1v) is 8.39. The minimum Gasteiger partial charge on any atom is -0.508 e. The van der Waals surface area contributed by atoms with Crippen molar-refractivity contribution in [1.82, 2.24) is 0 Å². The van der Waals surface area contributed by atoms with Crippen molar-refractivity contribution >= 4 is 22.7 Å². The lowest BCUT2D eigenvalue weighted by molar-refractivity contribution is 0.317. The summed E-state index contributed by atoms with van der Waals surface area (Å²) in [6.07, 6.45) is 1.00. The van der Waals surface area contributed by atoms with Crippen LogP contribution in [-0.2, 0) is 0 Å². The van der Waals surface area contributed by atoms with Crippen LogP contribution in [0.2, 0.25) is 0 Å². The van der Waals surface area contributed by atoms with E-state index in [1.54, 1.807) is 12.1 Å². The highest BCUT2D eigenvalue weighted by atomic mass is 16.5. The van der Waals surface area contributed by atoms with E-state index in [0.29, 0.717) is 0 Å². The molecule has 0 fully saturated rings. The molecule has 4 heteroatoms. The van der Waals surface area contributed by atoms with E-state index >= 15 is 0 Å². The van der Waals surface area contributed by atoms with Crippen LogP contribution in [0.5, 0.6) is 11.5 Å². The molecule has 3 rings (SSSR count). The van der Waals surface area contributed by atoms with Gasteiger partial charge in [-0.25, -0.2) is 0 Å². The molecule has 0 heterocycles. The van der Waals surface area contributed by atoms with Gasteiger partial charge < -0.3 is 20.5 Å². The fraction of sp³-hybridized carbons (Fsp3) is 0.143. The average molecular weight is 334 g/mol. The normalized spacial score (nSPS) is 10.3. The van der Waals surface area contributed by atoms with Gasteiger partial charge in [-0.15, -0.1) is 0 Å². The molecule has 25 heavy (non-hydrogen) atoms. The standard InChI is InChI=1S/C21H22N2O2/c1-2-14-25-21-12-10-18(11-13-21)22-16-6-8-17(9-7-16)23-19-4-3-5-20(24)15-19/h3-13,15,22-24H,2,14H2,1H3. The number of anilines is 4. The summed E-state index contributed by atoms with van der Waals surface area (Å²) in [6.45, 7) is 2.83. The van der Waals surface area contributed by atoms with Crippen molar-refractivity contribution in [3.63, 3.8) is 0 Å². The molecule has 4 nitrogen and oxygen atoms in total. The smallest absolute Gasteiger partial charge is 0.119 e.